The number of benzene rings is 1. The summed E-state index contributed by atoms with van der Waals surface area (Å²) in [5.41, 5.74) is 0.828. The summed E-state index contributed by atoms with van der Waals surface area (Å²) >= 11 is 7.03. The average molecular weight is 275 g/mol. The zero-order valence-electron chi connectivity index (χ0n) is 8.93. The third kappa shape index (κ3) is 2.73. The summed E-state index contributed by atoms with van der Waals surface area (Å²) in [7, 11) is 0. The highest BCUT2D eigenvalue weighted by Crippen LogP contribution is 2.23. The molecule has 2 nitrogen and oxygen atoms in total. The van der Waals surface area contributed by atoms with Crippen LogP contribution in [0.4, 0.5) is 14.5 Å². The number of thiazole rings is 1. The molecule has 0 atom stereocenters. The summed E-state index contributed by atoms with van der Waals surface area (Å²) in [6.45, 7) is 2.01. The van der Waals surface area contributed by atoms with E-state index >= 15 is 0 Å². The quantitative estimate of drug-likeness (QED) is 0.915. The summed E-state index contributed by atoms with van der Waals surface area (Å²) < 4.78 is 26.6. The molecular weight excluding hydrogens is 266 g/mol. The van der Waals surface area contributed by atoms with Crippen LogP contribution in [0.25, 0.3) is 0 Å². The summed E-state index contributed by atoms with van der Waals surface area (Å²) in [5.74, 6) is -1.66. The summed E-state index contributed by atoms with van der Waals surface area (Å²) in [4.78, 5) is 4.82. The molecule has 0 bridgehead atoms. The Morgan fingerprint density at radius 1 is 1.41 bits per heavy atom. The van der Waals surface area contributed by atoms with E-state index in [1.807, 2.05) is 0 Å². The van der Waals surface area contributed by atoms with Crippen LogP contribution in [0.3, 0.4) is 0 Å². The van der Waals surface area contributed by atoms with E-state index in [0.29, 0.717) is 16.7 Å². The summed E-state index contributed by atoms with van der Waals surface area (Å²) in [5, 5.41) is 3.02. The molecule has 0 fully saturated rings. The second-order valence-corrected chi connectivity index (χ2v) is 5.16. The third-order valence-corrected chi connectivity index (χ3v) is 3.43. The number of nitrogens with zero attached hydrogens (tertiary/aromatic N) is 1. The molecule has 1 aromatic carbocycles. The predicted molar refractivity (Wildman–Crippen MR) is 65.5 cm³/mol. The van der Waals surface area contributed by atoms with Crippen LogP contribution in [0.2, 0.25) is 4.47 Å². The van der Waals surface area contributed by atoms with Crippen LogP contribution < -0.4 is 5.32 Å². The molecule has 6 heteroatoms. The molecule has 0 saturated heterocycles. The maximum absolute atomic E-state index is 13.3. The van der Waals surface area contributed by atoms with E-state index < -0.39 is 11.6 Å². The van der Waals surface area contributed by atoms with Crippen molar-refractivity contribution in [3.8, 4) is 0 Å². The standard InChI is InChI=1S/C11H9ClF2N2S/c1-6-9(3-2-8(13)10(6)14)15-4-7-5-16-11(12)17-7/h2-3,5,15H,4H2,1H3. The molecule has 0 aliphatic carbocycles. The Morgan fingerprint density at radius 2 is 2.18 bits per heavy atom. The van der Waals surface area contributed by atoms with Gasteiger partial charge in [-0.15, -0.1) is 11.3 Å². The Hall–Kier alpha value is -1.20. The molecule has 0 spiro atoms. The topological polar surface area (TPSA) is 24.9 Å². The molecular formula is C11H9ClF2N2S. The van der Waals surface area contributed by atoms with E-state index in [9.17, 15) is 8.78 Å². The highest BCUT2D eigenvalue weighted by atomic mass is 35.5. The number of aromatic nitrogens is 1. The van der Waals surface area contributed by atoms with Crippen molar-refractivity contribution in [3.05, 3.63) is 44.9 Å². The van der Waals surface area contributed by atoms with Gasteiger partial charge in [-0.3, -0.25) is 0 Å². The van der Waals surface area contributed by atoms with Gasteiger partial charge in [0.25, 0.3) is 0 Å². The van der Waals surface area contributed by atoms with Crippen LogP contribution in [0, 0.1) is 18.6 Å². The van der Waals surface area contributed by atoms with Crippen molar-refractivity contribution < 1.29 is 8.78 Å². The number of nitrogens with one attached hydrogen (secondary N) is 1. The van der Waals surface area contributed by atoms with Crippen molar-refractivity contribution in [2.75, 3.05) is 5.32 Å². The van der Waals surface area contributed by atoms with Gasteiger partial charge in [-0.25, -0.2) is 13.8 Å². The first-order chi connectivity index (χ1) is 8.08. The lowest BCUT2D eigenvalue weighted by atomic mass is 10.2. The first-order valence-electron chi connectivity index (χ1n) is 4.86. The summed E-state index contributed by atoms with van der Waals surface area (Å²) in [6.07, 6.45) is 1.65. The lowest BCUT2D eigenvalue weighted by Crippen LogP contribution is -2.02. The lowest BCUT2D eigenvalue weighted by molar-refractivity contribution is 0.503. The van der Waals surface area contributed by atoms with Crippen LogP contribution in [-0.2, 0) is 6.54 Å². The Morgan fingerprint density at radius 3 is 2.82 bits per heavy atom. The number of anilines is 1. The Labute approximate surface area is 106 Å². The van der Waals surface area contributed by atoms with Crippen molar-refractivity contribution >= 4 is 28.6 Å². The van der Waals surface area contributed by atoms with Gasteiger partial charge in [-0.1, -0.05) is 11.6 Å². The maximum atomic E-state index is 13.3. The molecule has 0 amide bonds. The van der Waals surface area contributed by atoms with E-state index in [1.165, 1.54) is 24.3 Å². The van der Waals surface area contributed by atoms with Crippen LogP contribution >= 0.6 is 22.9 Å². The SMILES string of the molecule is Cc1c(NCc2cnc(Cl)s2)ccc(F)c1F. The smallest absolute Gasteiger partial charge is 0.183 e. The third-order valence-electron chi connectivity index (χ3n) is 2.32. The van der Waals surface area contributed by atoms with Crippen molar-refractivity contribution in [3.63, 3.8) is 0 Å². The fraction of sp³-hybridized carbons (Fsp3) is 0.182. The second-order valence-electron chi connectivity index (χ2n) is 3.47. The van der Waals surface area contributed by atoms with E-state index in [4.69, 9.17) is 11.6 Å². The van der Waals surface area contributed by atoms with E-state index in [0.717, 1.165) is 10.9 Å². The number of rotatable bonds is 3. The van der Waals surface area contributed by atoms with Crippen molar-refractivity contribution in [2.45, 2.75) is 13.5 Å². The molecule has 17 heavy (non-hydrogen) atoms. The Balaban J connectivity index is 2.12. The monoisotopic (exact) mass is 274 g/mol. The molecule has 90 valence electrons. The largest absolute Gasteiger partial charge is 0.380 e. The van der Waals surface area contributed by atoms with Gasteiger partial charge in [0, 0.05) is 22.3 Å². The van der Waals surface area contributed by atoms with Gasteiger partial charge in [-0.2, -0.15) is 0 Å². The number of hydrogen-bond donors (Lipinski definition) is 1. The number of halogens is 3. The van der Waals surface area contributed by atoms with E-state index in [-0.39, 0.29) is 5.56 Å². The maximum Gasteiger partial charge on any atom is 0.183 e. The fourth-order valence-electron chi connectivity index (χ4n) is 1.39. The highest BCUT2D eigenvalue weighted by Gasteiger charge is 2.09. The van der Waals surface area contributed by atoms with Gasteiger partial charge in [0.1, 0.15) is 0 Å². The molecule has 0 unspecified atom stereocenters. The minimum atomic E-state index is -0.839. The van der Waals surface area contributed by atoms with Crippen molar-refractivity contribution in [1.82, 2.24) is 4.98 Å². The molecule has 1 heterocycles. The van der Waals surface area contributed by atoms with Gasteiger partial charge in [0.15, 0.2) is 16.1 Å². The molecule has 0 saturated carbocycles. The zero-order valence-corrected chi connectivity index (χ0v) is 10.5. The molecule has 0 aliphatic rings. The highest BCUT2D eigenvalue weighted by molar-refractivity contribution is 7.15. The van der Waals surface area contributed by atoms with Gasteiger partial charge in [0.2, 0.25) is 0 Å². The van der Waals surface area contributed by atoms with Gasteiger partial charge in [0.05, 0.1) is 6.54 Å². The van der Waals surface area contributed by atoms with Crippen molar-refractivity contribution in [2.24, 2.45) is 0 Å². The van der Waals surface area contributed by atoms with Crippen LogP contribution in [0.15, 0.2) is 18.3 Å². The normalized spacial score (nSPS) is 10.6. The summed E-state index contributed by atoms with van der Waals surface area (Å²) in [6, 6.07) is 2.61. The second kappa shape index (κ2) is 4.98. The zero-order chi connectivity index (χ0) is 12.4. The van der Waals surface area contributed by atoms with Crippen LogP contribution in [-0.4, -0.2) is 4.98 Å². The minimum absolute atomic E-state index is 0.264. The van der Waals surface area contributed by atoms with E-state index in [2.05, 4.69) is 10.3 Å². The molecule has 1 aromatic heterocycles. The van der Waals surface area contributed by atoms with Crippen molar-refractivity contribution in [1.29, 1.82) is 0 Å². The van der Waals surface area contributed by atoms with Crippen LogP contribution in [0.5, 0.6) is 0 Å². The fourth-order valence-corrected chi connectivity index (χ4v) is 2.31. The van der Waals surface area contributed by atoms with Gasteiger partial charge >= 0.3 is 0 Å². The molecule has 2 rings (SSSR count). The van der Waals surface area contributed by atoms with Crippen LogP contribution in [0.1, 0.15) is 10.4 Å². The predicted octanol–water partition coefficient (Wildman–Crippen LogP) is 4.00. The average Bonchev–Trinajstić information content (AvgIpc) is 2.71. The number of hydrogen-bond acceptors (Lipinski definition) is 3. The lowest BCUT2D eigenvalue weighted by Gasteiger charge is -2.09. The van der Waals surface area contributed by atoms with Gasteiger partial charge in [-0.05, 0) is 19.1 Å². The minimum Gasteiger partial charge on any atom is -0.380 e. The molecule has 0 radical (unpaired) electrons. The molecule has 0 aliphatic heterocycles. The first-order valence-corrected chi connectivity index (χ1v) is 6.06. The Bertz CT molecular complexity index is 542. The molecule has 1 N–H and O–H groups in total. The Kier molecular flexibility index (Phi) is 3.59. The van der Waals surface area contributed by atoms with E-state index in [1.54, 1.807) is 6.20 Å². The van der Waals surface area contributed by atoms with Gasteiger partial charge < -0.3 is 5.32 Å². The first kappa shape index (κ1) is 12.3. The molecule has 2 aromatic rings.